The number of ether oxygens (including phenoxy) is 1. The van der Waals surface area contributed by atoms with Crippen molar-refractivity contribution < 1.29 is 17.9 Å². The lowest BCUT2D eigenvalue weighted by atomic mass is 10.1. The van der Waals surface area contributed by atoms with Gasteiger partial charge in [0.1, 0.15) is 0 Å². The van der Waals surface area contributed by atoms with Crippen LogP contribution in [0.3, 0.4) is 0 Å². The van der Waals surface area contributed by atoms with E-state index in [2.05, 4.69) is 10.2 Å². The zero-order chi connectivity index (χ0) is 22.4. The summed E-state index contributed by atoms with van der Waals surface area (Å²) in [4.78, 5) is 14.9. The van der Waals surface area contributed by atoms with Gasteiger partial charge in [-0.1, -0.05) is 30.3 Å². The van der Waals surface area contributed by atoms with Crippen molar-refractivity contribution in [2.75, 3.05) is 44.3 Å². The molecule has 1 unspecified atom stereocenters. The summed E-state index contributed by atoms with van der Waals surface area (Å²) in [5.41, 5.74) is 2.13. The topological polar surface area (TPSA) is 79.0 Å². The van der Waals surface area contributed by atoms with Crippen molar-refractivity contribution in [3.05, 3.63) is 60.2 Å². The molecule has 4 rings (SSSR count). The Morgan fingerprint density at radius 2 is 1.72 bits per heavy atom. The van der Waals surface area contributed by atoms with Crippen LogP contribution < -0.4 is 10.2 Å². The molecule has 2 saturated heterocycles. The first-order valence-corrected chi connectivity index (χ1v) is 12.7. The molecule has 32 heavy (non-hydrogen) atoms. The van der Waals surface area contributed by atoms with Gasteiger partial charge in [-0.2, -0.15) is 4.31 Å². The summed E-state index contributed by atoms with van der Waals surface area (Å²) >= 11 is 0. The van der Waals surface area contributed by atoms with Gasteiger partial charge in [0, 0.05) is 44.3 Å². The van der Waals surface area contributed by atoms with Gasteiger partial charge in [0.15, 0.2) is 0 Å². The van der Waals surface area contributed by atoms with Crippen molar-refractivity contribution in [2.45, 2.75) is 36.6 Å². The monoisotopic (exact) mass is 457 g/mol. The summed E-state index contributed by atoms with van der Waals surface area (Å²) < 4.78 is 33.3. The maximum Gasteiger partial charge on any atom is 0.243 e. The van der Waals surface area contributed by atoms with Gasteiger partial charge in [-0.25, -0.2) is 8.42 Å². The smallest absolute Gasteiger partial charge is 0.243 e. The Labute approximate surface area is 190 Å². The quantitative estimate of drug-likeness (QED) is 0.691. The van der Waals surface area contributed by atoms with Crippen LogP contribution >= 0.6 is 0 Å². The number of benzene rings is 2. The van der Waals surface area contributed by atoms with E-state index in [1.54, 1.807) is 12.1 Å². The van der Waals surface area contributed by atoms with E-state index in [4.69, 9.17) is 4.74 Å². The summed E-state index contributed by atoms with van der Waals surface area (Å²) in [7, 11) is -3.59. The molecular formula is C24H31N3O4S. The maximum atomic E-state index is 13.2. The number of nitrogens with one attached hydrogen (secondary N) is 1. The zero-order valence-electron chi connectivity index (χ0n) is 18.3. The number of carbonyl (C=O) groups excluding carboxylic acids is 1. The van der Waals surface area contributed by atoms with Gasteiger partial charge in [0.2, 0.25) is 15.9 Å². The normalized spacial score (nSPS) is 20.1. The molecule has 2 fully saturated rings. The minimum absolute atomic E-state index is 0.0343. The minimum Gasteiger partial charge on any atom is -0.378 e. The van der Waals surface area contributed by atoms with Crippen LogP contribution in [0.1, 0.15) is 24.8 Å². The van der Waals surface area contributed by atoms with Crippen molar-refractivity contribution in [3.8, 4) is 0 Å². The van der Waals surface area contributed by atoms with Crippen LogP contribution in [0.2, 0.25) is 0 Å². The first kappa shape index (κ1) is 22.8. The first-order valence-electron chi connectivity index (χ1n) is 11.3. The lowest BCUT2D eigenvalue weighted by molar-refractivity contribution is -0.122. The van der Waals surface area contributed by atoms with Crippen molar-refractivity contribution in [1.82, 2.24) is 9.62 Å². The van der Waals surface area contributed by atoms with Crippen LogP contribution in [0.5, 0.6) is 0 Å². The van der Waals surface area contributed by atoms with Crippen molar-refractivity contribution in [3.63, 3.8) is 0 Å². The Bertz CT molecular complexity index is 990. The molecule has 0 aliphatic carbocycles. The molecule has 7 nitrogen and oxygen atoms in total. The molecule has 2 aliphatic rings. The number of aryl methyl sites for hydroxylation is 1. The minimum atomic E-state index is -3.59. The molecule has 172 valence electrons. The molecule has 8 heteroatoms. The number of nitrogens with zero attached hydrogens (tertiary/aromatic N) is 2. The molecule has 2 aromatic rings. The highest BCUT2D eigenvalue weighted by atomic mass is 32.2. The molecule has 0 bridgehead atoms. The third kappa shape index (κ3) is 5.68. The van der Waals surface area contributed by atoms with Gasteiger partial charge in [0.25, 0.3) is 0 Å². The molecule has 1 N–H and O–H groups in total. The summed E-state index contributed by atoms with van der Waals surface area (Å²) in [6.45, 7) is 3.78. The van der Waals surface area contributed by atoms with E-state index in [-0.39, 0.29) is 11.9 Å². The van der Waals surface area contributed by atoms with E-state index in [1.165, 1.54) is 4.31 Å². The standard InChI is InChI=1S/C24H31N3O4S/c28-24(13-8-20-5-2-1-3-6-20)25-21-7-4-14-27(19-21)32(29,30)23-11-9-22(10-12-23)26-15-17-31-18-16-26/h1-3,5-6,9-12,21H,4,7-8,13-19H2,(H,25,28). The highest BCUT2D eigenvalue weighted by Gasteiger charge is 2.31. The first-order chi connectivity index (χ1) is 15.5. The van der Waals surface area contributed by atoms with E-state index in [0.717, 1.165) is 37.2 Å². The van der Waals surface area contributed by atoms with Gasteiger partial charge >= 0.3 is 0 Å². The van der Waals surface area contributed by atoms with E-state index in [9.17, 15) is 13.2 Å². The van der Waals surface area contributed by atoms with Gasteiger partial charge in [-0.05, 0) is 49.1 Å². The predicted octanol–water partition coefficient (Wildman–Crippen LogP) is 2.43. The summed E-state index contributed by atoms with van der Waals surface area (Å²) in [6, 6.07) is 16.8. The Morgan fingerprint density at radius 3 is 2.44 bits per heavy atom. The number of amides is 1. The van der Waals surface area contributed by atoms with Gasteiger partial charge in [0.05, 0.1) is 18.1 Å². The van der Waals surface area contributed by atoms with Crippen LogP contribution in [0.4, 0.5) is 5.69 Å². The SMILES string of the molecule is O=C(CCc1ccccc1)NC1CCCN(S(=O)(=O)c2ccc(N3CCOCC3)cc2)C1. The third-order valence-corrected chi connectivity index (χ3v) is 7.96. The van der Waals surface area contributed by atoms with Crippen LogP contribution in [-0.4, -0.2) is 64.1 Å². The average molecular weight is 458 g/mol. The summed E-state index contributed by atoms with van der Waals surface area (Å²) in [6.07, 6.45) is 2.60. The predicted molar refractivity (Wildman–Crippen MR) is 124 cm³/mol. The fourth-order valence-electron chi connectivity index (χ4n) is 4.28. The Morgan fingerprint density at radius 1 is 1.00 bits per heavy atom. The van der Waals surface area contributed by atoms with Gasteiger partial charge in [-0.15, -0.1) is 0 Å². The molecule has 0 radical (unpaired) electrons. The Balaban J connectivity index is 1.33. The largest absolute Gasteiger partial charge is 0.378 e. The van der Waals surface area contributed by atoms with E-state index in [0.29, 0.717) is 44.0 Å². The molecule has 1 atom stereocenters. The highest BCUT2D eigenvalue weighted by Crippen LogP contribution is 2.24. The average Bonchev–Trinajstić information content (AvgIpc) is 2.84. The number of hydrogen-bond acceptors (Lipinski definition) is 5. The Hall–Kier alpha value is -2.42. The number of hydrogen-bond donors (Lipinski definition) is 1. The van der Waals surface area contributed by atoms with Crippen LogP contribution in [0, 0.1) is 0 Å². The fraction of sp³-hybridized carbons (Fsp3) is 0.458. The van der Waals surface area contributed by atoms with E-state index in [1.807, 2.05) is 42.5 Å². The number of rotatable bonds is 7. The maximum absolute atomic E-state index is 13.2. The fourth-order valence-corrected chi connectivity index (χ4v) is 5.80. The van der Waals surface area contributed by atoms with Crippen LogP contribution in [-0.2, 0) is 26.0 Å². The number of piperidine rings is 1. The third-order valence-electron chi connectivity index (χ3n) is 6.08. The number of carbonyl (C=O) groups is 1. The molecule has 0 spiro atoms. The van der Waals surface area contributed by atoms with Gasteiger partial charge in [-0.3, -0.25) is 4.79 Å². The molecule has 2 aliphatic heterocycles. The number of morpholine rings is 1. The summed E-state index contributed by atoms with van der Waals surface area (Å²) in [5, 5.41) is 3.03. The van der Waals surface area contributed by atoms with E-state index >= 15 is 0 Å². The lowest BCUT2D eigenvalue weighted by Gasteiger charge is -2.32. The second kappa shape index (κ2) is 10.5. The van der Waals surface area contributed by atoms with Gasteiger partial charge < -0.3 is 15.0 Å². The van der Waals surface area contributed by atoms with Crippen molar-refractivity contribution in [1.29, 1.82) is 0 Å². The molecule has 1 amide bonds. The van der Waals surface area contributed by atoms with Crippen molar-refractivity contribution >= 4 is 21.6 Å². The molecular weight excluding hydrogens is 426 g/mol. The second-order valence-corrected chi connectivity index (χ2v) is 10.3. The molecule has 2 heterocycles. The van der Waals surface area contributed by atoms with E-state index < -0.39 is 10.0 Å². The highest BCUT2D eigenvalue weighted by molar-refractivity contribution is 7.89. The number of anilines is 1. The second-order valence-electron chi connectivity index (χ2n) is 8.35. The van der Waals surface area contributed by atoms with Crippen molar-refractivity contribution in [2.24, 2.45) is 0 Å². The van der Waals surface area contributed by atoms with Crippen LogP contribution in [0.25, 0.3) is 0 Å². The molecule has 2 aromatic carbocycles. The Kier molecular flexibility index (Phi) is 7.44. The van der Waals surface area contributed by atoms with Crippen LogP contribution in [0.15, 0.2) is 59.5 Å². The molecule has 0 aromatic heterocycles. The lowest BCUT2D eigenvalue weighted by Crippen LogP contribution is -2.49. The number of sulfonamides is 1. The summed E-state index contributed by atoms with van der Waals surface area (Å²) in [5.74, 6) is -0.0343. The zero-order valence-corrected chi connectivity index (χ0v) is 19.1. The molecule has 0 saturated carbocycles.